The summed E-state index contributed by atoms with van der Waals surface area (Å²) in [6.07, 6.45) is 2.73. The Balaban J connectivity index is 2.25. The maximum atomic E-state index is 9.21. The van der Waals surface area contributed by atoms with Crippen LogP contribution >= 0.6 is 0 Å². The number of likely N-dealkylation sites (tertiary alicyclic amines) is 1. The highest BCUT2D eigenvalue weighted by Crippen LogP contribution is 2.20. The molecular formula is C12H25NO2. The molecular weight excluding hydrogens is 190 g/mol. The van der Waals surface area contributed by atoms with Gasteiger partial charge in [0.05, 0.1) is 6.10 Å². The molecule has 0 spiro atoms. The highest BCUT2D eigenvalue weighted by atomic mass is 16.5. The fourth-order valence-corrected chi connectivity index (χ4v) is 2.13. The van der Waals surface area contributed by atoms with E-state index in [9.17, 15) is 5.11 Å². The number of aliphatic hydroxyl groups is 1. The minimum absolute atomic E-state index is 0.0262. The van der Waals surface area contributed by atoms with E-state index >= 15 is 0 Å². The van der Waals surface area contributed by atoms with E-state index in [1.54, 1.807) is 0 Å². The average molecular weight is 215 g/mol. The van der Waals surface area contributed by atoms with Crippen molar-refractivity contribution >= 4 is 0 Å². The summed E-state index contributed by atoms with van der Waals surface area (Å²) in [4.78, 5) is 2.44. The third kappa shape index (κ3) is 4.49. The highest BCUT2D eigenvalue weighted by molar-refractivity contribution is 4.78. The van der Waals surface area contributed by atoms with Crippen molar-refractivity contribution in [2.75, 3.05) is 32.8 Å². The molecule has 0 aromatic carbocycles. The van der Waals surface area contributed by atoms with Gasteiger partial charge >= 0.3 is 0 Å². The summed E-state index contributed by atoms with van der Waals surface area (Å²) in [5.41, 5.74) is 0.0262. The van der Waals surface area contributed by atoms with Crippen molar-refractivity contribution < 1.29 is 9.84 Å². The van der Waals surface area contributed by atoms with Crippen LogP contribution in [0.3, 0.4) is 0 Å². The van der Waals surface area contributed by atoms with E-state index in [0.29, 0.717) is 6.10 Å². The molecule has 90 valence electrons. The summed E-state index contributed by atoms with van der Waals surface area (Å²) in [7, 11) is 0. The molecule has 0 amide bonds. The van der Waals surface area contributed by atoms with Crippen LogP contribution in [0.5, 0.6) is 0 Å². The molecule has 0 saturated carbocycles. The van der Waals surface area contributed by atoms with Crippen molar-refractivity contribution in [3.05, 3.63) is 0 Å². The Morgan fingerprint density at radius 1 is 1.33 bits per heavy atom. The van der Waals surface area contributed by atoms with E-state index < -0.39 is 0 Å². The molecule has 1 saturated heterocycles. The SMILES string of the molecule is CCOC1CCN(CC(C)(C)CO)CC1. The van der Waals surface area contributed by atoms with Gasteiger partial charge in [0.25, 0.3) is 0 Å². The van der Waals surface area contributed by atoms with Crippen LogP contribution in [0.15, 0.2) is 0 Å². The summed E-state index contributed by atoms with van der Waals surface area (Å²) < 4.78 is 5.61. The van der Waals surface area contributed by atoms with Crippen molar-refractivity contribution in [1.29, 1.82) is 0 Å². The summed E-state index contributed by atoms with van der Waals surface area (Å²) in [5, 5.41) is 9.21. The van der Waals surface area contributed by atoms with Gasteiger partial charge in [-0.3, -0.25) is 0 Å². The van der Waals surface area contributed by atoms with Gasteiger partial charge in [0.2, 0.25) is 0 Å². The van der Waals surface area contributed by atoms with E-state index in [4.69, 9.17) is 4.74 Å². The third-order valence-corrected chi connectivity index (χ3v) is 3.02. The van der Waals surface area contributed by atoms with E-state index in [2.05, 4.69) is 25.7 Å². The van der Waals surface area contributed by atoms with Crippen molar-refractivity contribution in [1.82, 2.24) is 4.90 Å². The molecule has 0 aromatic heterocycles. The van der Waals surface area contributed by atoms with Gasteiger partial charge in [-0.1, -0.05) is 13.8 Å². The Morgan fingerprint density at radius 2 is 1.93 bits per heavy atom. The Kier molecular flexibility index (Phi) is 5.03. The first-order chi connectivity index (χ1) is 7.07. The normalized spacial score (nSPS) is 20.8. The lowest BCUT2D eigenvalue weighted by atomic mass is 9.93. The predicted molar refractivity (Wildman–Crippen MR) is 62.0 cm³/mol. The number of ether oxygens (including phenoxy) is 1. The number of hydrogen-bond donors (Lipinski definition) is 1. The first-order valence-corrected chi connectivity index (χ1v) is 6.02. The molecule has 15 heavy (non-hydrogen) atoms. The molecule has 1 fully saturated rings. The molecule has 0 aromatic rings. The fraction of sp³-hybridized carbons (Fsp3) is 1.00. The molecule has 0 unspecified atom stereocenters. The maximum absolute atomic E-state index is 9.21. The highest BCUT2D eigenvalue weighted by Gasteiger charge is 2.25. The molecule has 1 N–H and O–H groups in total. The number of hydrogen-bond acceptors (Lipinski definition) is 3. The van der Waals surface area contributed by atoms with Crippen LogP contribution < -0.4 is 0 Å². The van der Waals surface area contributed by atoms with E-state index in [1.165, 1.54) is 0 Å². The average Bonchev–Trinajstić information content (AvgIpc) is 2.21. The van der Waals surface area contributed by atoms with Gasteiger partial charge in [0.15, 0.2) is 0 Å². The Morgan fingerprint density at radius 3 is 2.40 bits per heavy atom. The predicted octanol–water partition coefficient (Wildman–Crippen LogP) is 1.51. The second-order valence-corrected chi connectivity index (χ2v) is 5.25. The van der Waals surface area contributed by atoms with Crippen LogP contribution in [0.4, 0.5) is 0 Å². The molecule has 1 aliphatic heterocycles. The molecule has 0 atom stereocenters. The molecule has 1 heterocycles. The standard InChI is InChI=1S/C12H25NO2/c1-4-15-11-5-7-13(8-6-11)9-12(2,3)10-14/h11,14H,4-10H2,1-3H3. The quantitative estimate of drug-likeness (QED) is 0.754. The van der Waals surface area contributed by atoms with Crippen LogP contribution in [-0.4, -0.2) is 49.0 Å². The third-order valence-electron chi connectivity index (χ3n) is 3.02. The molecule has 0 radical (unpaired) electrons. The summed E-state index contributed by atoms with van der Waals surface area (Å²) in [6, 6.07) is 0. The molecule has 1 aliphatic rings. The number of nitrogens with zero attached hydrogens (tertiary/aromatic N) is 1. The zero-order valence-corrected chi connectivity index (χ0v) is 10.3. The lowest BCUT2D eigenvalue weighted by Crippen LogP contribution is -2.43. The fourth-order valence-electron chi connectivity index (χ4n) is 2.13. The van der Waals surface area contributed by atoms with Gasteiger partial charge in [-0.15, -0.1) is 0 Å². The van der Waals surface area contributed by atoms with Gasteiger partial charge in [-0.25, -0.2) is 0 Å². The number of rotatable bonds is 5. The summed E-state index contributed by atoms with van der Waals surface area (Å²) >= 11 is 0. The minimum atomic E-state index is 0.0262. The van der Waals surface area contributed by atoms with E-state index in [-0.39, 0.29) is 12.0 Å². The second-order valence-electron chi connectivity index (χ2n) is 5.25. The Hall–Kier alpha value is -0.120. The first kappa shape index (κ1) is 12.9. The smallest absolute Gasteiger partial charge is 0.0599 e. The van der Waals surface area contributed by atoms with Gasteiger partial charge in [-0.2, -0.15) is 0 Å². The van der Waals surface area contributed by atoms with E-state index in [1.807, 2.05) is 0 Å². The van der Waals surface area contributed by atoms with Gasteiger partial charge in [0, 0.05) is 38.3 Å². The van der Waals surface area contributed by atoms with Gasteiger partial charge in [0.1, 0.15) is 0 Å². The van der Waals surface area contributed by atoms with Crippen LogP contribution in [-0.2, 0) is 4.74 Å². The van der Waals surface area contributed by atoms with Crippen LogP contribution in [0.25, 0.3) is 0 Å². The zero-order chi connectivity index (χ0) is 11.3. The van der Waals surface area contributed by atoms with E-state index in [0.717, 1.165) is 39.1 Å². The number of aliphatic hydroxyl groups excluding tert-OH is 1. The van der Waals surface area contributed by atoms with Crippen LogP contribution in [0, 0.1) is 5.41 Å². The van der Waals surface area contributed by atoms with Crippen molar-refractivity contribution in [3.63, 3.8) is 0 Å². The monoisotopic (exact) mass is 215 g/mol. The zero-order valence-electron chi connectivity index (χ0n) is 10.3. The van der Waals surface area contributed by atoms with Crippen molar-refractivity contribution in [2.24, 2.45) is 5.41 Å². The molecule has 3 heteroatoms. The summed E-state index contributed by atoms with van der Waals surface area (Å²) in [6.45, 7) is 10.6. The molecule has 0 bridgehead atoms. The lowest BCUT2D eigenvalue weighted by molar-refractivity contribution is 0.00148. The second kappa shape index (κ2) is 5.83. The molecule has 1 rings (SSSR count). The van der Waals surface area contributed by atoms with Crippen molar-refractivity contribution in [2.45, 2.75) is 39.7 Å². The van der Waals surface area contributed by atoms with Gasteiger partial charge in [-0.05, 0) is 19.8 Å². The lowest BCUT2D eigenvalue weighted by Gasteiger charge is -2.36. The Labute approximate surface area is 93.4 Å². The van der Waals surface area contributed by atoms with Gasteiger partial charge < -0.3 is 14.7 Å². The van der Waals surface area contributed by atoms with Crippen LogP contribution in [0.1, 0.15) is 33.6 Å². The molecule has 3 nitrogen and oxygen atoms in total. The topological polar surface area (TPSA) is 32.7 Å². The first-order valence-electron chi connectivity index (χ1n) is 6.02. The van der Waals surface area contributed by atoms with Crippen molar-refractivity contribution in [3.8, 4) is 0 Å². The minimum Gasteiger partial charge on any atom is -0.396 e. The summed E-state index contributed by atoms with van der Waals surface area (Å²) in [5.74, 6) is 0. The molecule has 0 aliphatic carbocycles. The van der Waals surface area contributed by atoms with Crippen LogP contribution in [0.2, 0.25) is 0 Å². The number of piperidine rings is 1. The maximum Gasteiger partial charge on any atom is 0.0599 e. The largest absolute Gasteiger partial charge is 0.396 e. The Bertz CT molecular complexity index is 174.